The first kappa shape index (κ1) is 27.4. The molecule has 0 atom stereocenters. The molecule has 0 radical (unpaired) electrons. The number of amides is 3. The molecular formula is C28H24ClFN6O3S. The Labute approximate surface area is 239 Å². The van der Waals surface area contributed by atoms with Gasteiger partial charge in [-0.25, -0.2) is 14.5 Å². The van der Waals surface area contributed by atoms with Crippen LogP contribution in [0.25, 0.3) is 17.1 Å². The van der Waals surface area contributed by atoms with E-state index in [2.05, 4.69) is 20.4 Å². The molecule has 0 saturated carbocycles. The summed E-state index contributed by atoms with van der Waals surface area (Å²) in [5, 5.41) is 8.00. The number of urea groups is 1. The highest BCUT2D eigenvalue weighted by Crippen LogP contribution is 2.31. The topological polar surface area (TPSA) is 102 Å². The molecule has 4 aromatic rings. The molecule has 40 heavy (non-hydrogen) atoms. The highest BCUT2D eigenvalue weighted by atomic mass is 35.5. The van der Waals surface area contributed by atoms with Gasteiger partial charge in [0.2, 0.25) is 11.8 Å². The Hall–Kier alpha value is -4.22. The third-order valence-electron chi connectivity index (χ3n) is 5.72. The van der Waals surface area contributed by atoms with Crippen LogP contribution in [0.2, 0.25) is 5.02 Å². The summed E-state index contributed by atoms with van der Waals surface area (Å²) in [4.78, 5) is 35.1. The predicted molar refractivity (Wildman–Crippen MR) is 155 cm³/mol. The van der Waals surface area contributed by atoms with E-state index in [4.69, 9.17) is 16.3 Å². The Morgan fingerprint density at radius 1 is 1.12 bits per heavy atom. The third-order valence-corrected chi connectivity index (χ3v) is 6.88. The molecule has 5 rings (SSSR count). The minimum Gasteiger partial charge on any atom is -0.459 e. The number of amidine groups is 1. The van der Waals surface area contributed by atoms with Crippen LogP contribution in [0, 0.1) is 6.92 Å². The maximum Gasteiger partial charge on any atom is 0.347 e. The van der Waals surface area contributed by atoms with Crippen molar-refractivity contribution in [1.82, 2.24) is 14.8 Å². The molecule has 1 N–H and O–H groups in total. The van der Waals surface area contributed by atoms with Crippen molar-refractivity contribution in [3.63, 3.8) is 0 Å². The number of nitrogens with zero attached hydrogens (tertiary/aromatic N) is 5. The van der Waals surface area contributed by atoms with Gasteiger partial charge < -0.3 is 10.1 Å². The SMILES string of the molecule is Cc1ccc(Cl)cc1N1C(=O)CS/C1=N\C(=O)Nc1ccc(-c2ncn(-c3ccc(OC(C)(C)F)cc3)n2)cc1. The number of aromatic nitrogens is 3. The second-order valence-electron chi connectivity index (χ2n) is 9.32. The van der Waals surface area contributed by atoms with Gasteiger partial charge >= 0.3 is 6.03 Å². The van der Waals surface area contributed by atoms with E-state index in [1.807, 2.05) is 13.0 Å². The van der Waals surface area contributed by atoms with Crippen LogP contribution < -0.4 is 15.0 Å². The van der Waals surface area contributed by atoms with Gasteiger partial charge in [-0.1, -0.05) is 29.4 Å². The lowest BCUT2D eigenvalue weighted by atomic mass is 10.2. The number of hydrogen-bond donors (Lipinski definition) is 1. The smallest absolute Gasteiger partial charge is 0.347 e. The Morgan fingerprint density at radius 3 is 2.55 bits per heavy atom. The lowest BCUT2D eigenvalue weighted by molar-refractivity contribution is -0.115. The molecule has 1 saturated heterocycles. The molecule has 1 fully saturated rings. The highest BCUT2D eigenvalue weighted by Gasteiger charge is 2.31. The number of carbonyl (C=O) groups is 2. The molecule has 204 valence electrons. The van der Waals surface area contributed by atoms with E-state index in [-0.39, 0.29) is 16.8 Å². The average molecular weight is 579 g/mol. The van der Waals surface area contributed by atoms with Crippen molar-refractivity contribution in [1.29, 1.82) is 0 Å². The zero-order chi connectivity index (χ0) is 28.4. The Balaban J connectivity index is 1.26. The van der Waals surface area contributed by atoms with Crippen molar-refractivity contribution >= 4 is 51.8 Å². The molecule has 0 bridgehead atoms. The van der Waals surface area contributed by atoms with Gasteiger partial charge in [-0.2, -0.15) is 9.38 Å². The quantitative estimate of drug-likeness (QED) is 0.275. The molecule has 1 aliphatic heterocycles. The Kier molecular flexibility index (Phi) is 7.59. The molecule has 3 aromatic carbocycles. The molecule has 0 unspecified atom stereocenters. The maximum atomic E-state index is 13.7. The second-order valence-corrected chi connectivity index (χ2v) is 10.7. The molecule has 9 nitrogen and oxygen atoms in total. The standard InChI is InChI=1S/C28H24ClFN6O3S/c1-17-4-7-19(29)14-23(17)36-24(37)15-40-27(36)33-26(38)32-20-8-5-18(6-9-20)25-31-16-35(34-25)21-10-12-22(13-11-21)39-28(2,3)30/h4-14,16H,15H2,1-3H3,(H,32,38)/b33-27-. The van der Waals surface area contributed by atoms with Gasteiger partial charge in [-0.15, -0.1) is 5.10 Å². The van der Waals surface area contributed by atoms with Gasteiger partial charge in [0, 0.05) is 30.1 Å². The lowest BCUT2D eigenvalue weighted by Gasteiger charge is -2.18. The van der Waals surface area contributed by atoms with Gasteiger partial charge in [0.05, 0.1) is 17.1 Å². The van der Waals surface area contributed by atoms with Crippen LogP contribution in [0.3, 0.4) is 0 Å². The second kappa shape index (κ2) is 11.1. The van der Waals surface area contributed by atoms with Crippen molar-refractivity contribution < 1.29 is 18.7 Å². The number of hydrogen-bond acceptors (Lipinski definition) is 6. The third kappa shape index (κ3) is 6.32. The number of aryl methyl sites for hydroxylation is 1. The minimum atomic E-state index is -1.77. The van der Waals surface area contributed by atoms with Gasteiger partial charge in [0.25, 0.3) is 0 Å². The summed E-state index contributed by atoms with van der Waals surface area (Å²) < 4.78 is 20.5. The molecule has 3 amide bonds. The van der Waals surface area contributed by atoms with Crippen LogP contribution in [0.1, 0.15) is 19.4 Å². The van der Waals surface area contributed by atoms with Crippen LogP contribution >= 0.6 is 23.4 Å². The summed E-state index contributed by atoms with van der Waals surface area (Å²) >= 11 is 7.32. The molecule has 12 heteroatoms. The summed E-state index contributed by atoms with van der Waals surface area (Å²) in [6.07, 6.45) is 1.57. The summed E-state index contributed by atoms with van der Waals surface area (Å²) in [7, 11) is 0. The number of halogens is 2. The van der Waals surface area contributed by atoms with Crippen LogP contribution in [0.4, 0.5) is 20.6 Å². The zero-order valence-corrected chi connectivity index (χ0v) is 23.3. The first-order valence-electron chi connectivity index (χ1n) is 12.2. The maximum absolute atomic E-state index is 13.7. The molecule has 0 aliphatic carbocycles. The van der Waals surface area contributed by atoms with Crippen molar-refractivity contribution in [2.75, 3.05) is 16.0 Å². The van der Waals surface area contributed by atoms with Crippen LogP contribution in [0.15, 0.2) is 78.0 Å². The summed E-state index contributed by atoms with van der Waals surface area (Å²) in [6.45, 7) is 4.53. The largest absolute Gasteiger partial charge is 0.459 e. The van der Waals surface area contributed by atoms with Crippen LogP contribution in [-0.4, -0.2) is 43.5 Å². The Bertz CT molecular complexity index is 1600. The van der Waals surface area contributed by atoms with Gasteiger partial charge in [-0.05, 0) is 73.2 Å². The van der Waals surface area contributed by atoms with Crippen molar-refractivity contribution in [3.8, 4) is 22.8 Å². The summed E-state index contributed by atoms with van der Waals surface area (Å²) in [5.41, 5.74) is 3.42. The molecule has 0 spiro atoms. The number of ether oxygens (including phenoxy) is 1. The van der Waals surface area contributed by atoms with E-state index >= 15 is 0 Å². The fourth-order valence-electron chi connectivity index (χ4n) is 3.91. The number of aliphatic imine (C=N–C) groups is 1. The summed E-state index contributed by atoms with van der Waals surface area (Å²) in [5.74, 6) is -0.876. The molecule has 1 aromatic heterocycles. The fourth-order valence-corrected chi connectivity index (χ4v) is 4.94. The highest BCUT2D eigenvalue weighted by molar-refractivity contribution is 8.15. The number of alkyl halides is 1. The van der Waals surface area contributed by atoms with E-state index in [1.54, 1.807) is 71.7 Å². The number of nitrogens with one attached hydrogen (secondary N) is 1. The first-order valence-corrected chi connectivity index (χ1v) is 13.5. The predicted octanol–water partition coefficient (Wildman–Crippen LogP) is 6.65. The van der Waals surface area contributed by atoms with Crippen LogP contribution in [0.5, 0.6) is 5.75 Å². The minimum absolute atomic E-state index is 0.175. The lowest BCUT2D eigenvalue weighted by Crippen LogP contribution is -2.30. The van der Waals surface area contributed by atoms with Gasteiger partial charge in [0.1, 0.15) is 12.1 Å². The van der Waals surface area contributed by atoms with Crippen molar-refractivity contribution in [2.45, 2.75) is 26.6 Å². The van der Waals surface area contributed by atoms with Gasteiger partial charge in [-0.3, -0.25) is 9.69 Å². The zero-order valence-electron chi connectivity index (χ0n) is 21.8. The van der Waals surface area contributed by atoms with Crippen molar-refractivity contribution in [2.24, 2.45) is 4.99 Å². The number of anilines is 2. The van der Waals surface area contributed by atoms with Gasteiger partial charge in [0.15, 0.2) is 11.0 Å². The van der Waals surface area contributed by atoms with E-state index in [1.165, 1.54) is 30.5 Å². The Morgan fingerprint density at radius 2 is 1.85 bits per heavy atom. The van der Waals surface area contributed by atoms with Crippen LogP contribution in [-0.2, 0) is 4.79 Å². The number of carbonyl (C=O) groups excluding carboxylic acids is 2. The average Bonchev–Trinajstić information content (AvgIpc) is 3.53. The molecule has 1 aliphatic rings. The number of rotatable bonds is 6. The van der Waals surface area contributed by atoms with E-state index in [9.17, 15) is 14.0 Å². The molecular weight excluding hydrogens is 555 g/mol. The van der Waals surface area contributed by atoms with Crippen molar-refractivity contribution in [3.05, 3.63) is 83.6 Å². The normalized spacial score (nSPS) is 14.6. The van der Waals surface area contributed by atoms with E-state index < -0.39 is 11.9 Å². The number of benzene rings is 3. The number of thioether (sulfide) groups is 1. The summed E-state index contributed by atoms with van der Waals surface area (Å²) in [6, 6.07) is 18.4. The monoisotopic (exact) mass is 578 g/mol. The fraction of sp³-hybridized carbons (Fsp3) is 0.179. The van der Waals surface area contributed by atoms with E-state index in [0.29, 0.717) is 28.0 Å². The van der Waals surface area contributed by atoms with E-state index in [0.717, 1.165) is 16.8 Å². The first-order chi connectivity index (χ1) is 19.1. The molecule has 2 heterocycles.